The molecule has 0 amide bonds. The normalized spacial score (nSPS) is 21.0. The molecular weight excluding hydrogens is 304 g/mol. The highest BCUT2D eigenvalue weighted by Crippen LogP contribution is 2.33. The van der Waals surface area contributed by atoms with E-state index < -0.39 is 0 Å². The average Bonchev–Trinajstić information content (AvgIpc) is 2.92. The Morgan fingerprint density at radius 3 is 3.00 bits per heavy atom. The number of benzene rings is 1. The van der Waals surface area contributed by atoms with Gasteiger partial charge in [0.2, 0.25) is 0 Å². The van der Waals surface area contributed by atoms with Crippen molar-refractivity contribution in [2.24, 2.45) is 0 Å². The van der Waals surface area contributed by atoms with Gasteiger partial charge in [-0.3, -0.25) is 4.90 Å². The first kappa shape index (κ1) is 17.5. The Bertz CT molecular complexity index is 509. The molecule has 2 heterocycles. The van der Waals surface area contributed by atoms with Gasteiger partial charge in [-0.2, -0.15) is 0 Å². The molecule has 2 N–H and O–H groups in total. The highest BCUT2D eigenvalue weighted by molar-refractivity contribution is 5.47. The summed E-state index contributed by atoms with van der Waals surface area (Å²) in [6.45, 7) is 5.83. The second-order valence-electron chi connectivity index (χ2n) is 6.69. The molecule has 2 aliphatic heterocycles. The van der Waals surface area contributed by atoms with Crippen LogP contribution in [0.15, 0.2) is 18.2 Å². The number of hydrogen-bond donors (Lipinski definition) is 2. The number of aliphatic hydroxyl groups excluding tert-OH is 1. The summed E-state index contributed by atoms with van der Waals surface area (Å²) in [5.74, 6) is 1.78. The lowest BCUT2D eigenvalue weighted by atomic mass is 10.1. The van der Waals surface area contributed by atoms with Crippen LogP contribution in [0.5, 0.6) is 11.5 Å². The molecule has 0 aliphatic carbocycles. The number of hydrogen-bond acceptors (Lipinski definition) is 5. The molecule has 2 aliphatic rings. The van der Waals surface area contributed by atoms with Crippen LogP contribution in [-0.2, 0) is 6.54 Å². The zero-order chi connectivity index (χ0) is 16.6. The molecule has 0 spiro atoms. The van der Waals surface area contributed by atoms with Gasteiger partial charge in [0, 0.05) is 24.6 Å². The van der Waals surface area contributed by atoms with Gasteiger partial charge >= 0.3 is 0 Å². The van der Waals surface area contributed by atoms with Crippen molar-refractivity contribution in [2.45, 2.75) is 44.7 Å². The smallest absolute Gasteiger partial charge is 0.165 e. The number of nitrogens with one attached hydrogen (secondary N) is 1. The number of para-hydroxylation sites is 1. The fourth-order valence-corrected chi connectivity index (χ4v) is 3.58. The highest BCUT2D eigenvalue weighted by Gasteiger charge is 2.22. The lowest BCUT2D eigenvalue weighted by Crippen LogP contribution is -2.33. The van der Waals surface area contributed by atoms with E-state index in [1.54, 1.807) is 0 Å². The van der Waals surface area contributed by atoms with Crippen molar-refractivity contribution in [1.82, 2.24) is 10.2 Å². The number of rotatable bonds is 8. The first-order valence-electron chi connectivity index (χ1n) is 9.31. The van der Waals surface area contributed by atoms with Crippen LogP contribution in [-0.4, -0.2) is 55.5 Å². The second kappa shape index (κ2) is 9.25. The summed E-state index contributed by atoms with van der Waals surface area (Å²) in [5.41, 5.74) is 1.18. The molecule has 0 aromatic heterocycles. The zero-order valence-electron chi connectivity index (χ0n) is 14.5. The van der Waals surface area contributed by atoms with Crippen LogP contribution in [0.3, 0.4) is 0 Å². The summed E-state index contributed by atoms with van der Waals surface area (Å²) in [6, 6.07) is 6.52. The van der Waals surface area contributed by atoms with Gasteiger partial charge in [-0.15, -0.1) is 0 Å². The molecule has 3 rings (SSSR count). The zero-order valence-corrected chi connectivity index (χ0v) is 14.5. The Kier molecular flexibility index (Phi) is 6.75. The molecule has 1 saturated heterocycles. The topological polar surface area (TPSA) is 54.0 Å². The Balaban J connectivity index is 1.36. The minimum Gasteiger partial charge on any atom is -0.490 e. The van der Waals surface area contributed by atoms with E-state index in [0.29, 0.717) is 12.6 Å². The van der Waals surface area contributed by atoms with Gasteiger partial charge in [0.25, 0.3) is 0 Å². The number of nitrogens with zero attached hydrogens (tertiary/aromatic N) is 1. The number of ether oxygens (including phenoxy) is 2. The monoisotopic (exact) mass is 334 g/mol. The number of aliphatic hydroxyl groups is 1. The van der Waals surface area contributed by atoms with Crippen molar-refractivity contribution in [3.05, 3.63) is 23.8 Å². The van der Waals surface area contributed by atoms with Crippen molar-refractivity contribution < 1.29 is 14.6 Å². The molecule has 0 saturated carbocycles. The van der Waals surface area contributed by atoms with E-state index in [0.717, 1.165) is 70.2 Å². The van der Waals surface area contributed by atoms with E-state index in [9.17, 15) is 5.11 Å². The number of fused-ring (bicyclic) bond motifs is 1. The molecule has 24 heavy (non-hydrogen) atoms. The standard InChI is InChI=1S/C19H30N2O3/c22-15-17-7-4-11-21(17)10-2-1-9-20-14-16-6-3-8-18-19(16)24-13-5-12-23-18/h3,6,8,17,20,22H,1-2,4-5,7,9-15H2. The van der Waals surface area contributed by atoms with E-state index in [1.807, 2.05) is 12.1 Å². The van der Waals surface area contributed by atoms with Gasteiger partial charge < -0.3 is 19.9 Å². The Labute approximate surface area is 144 Å². The van der Waals surface area contributed by atoms with Crippen molar-refractivity contribution in [1.29, 1.82) is 0 Å². The van der Waals surface area contributed by atoms with Gasteiger partial charge in [0.1, 0.15) is 0 Å². The largest absolute Gasteiger partial charge is 0.490 e. The maximum absolute atomic E-state index is 9.34. The van der Waals surface area contributed by atoms with E-state index in [-0.39, 0.29) is 0 Å². The first-order valence-corrected chi connectivity index (χ1v) is 9.31. The quantitative estimate of drug-likeness (QED) is 0.714. The third-order valence-corrected chi connectivity index (χ3v) is 4.93. The van der Waals surface area contributed by atoms with Gasteiger partial charge in [0.15, 0.2) is 11.5 Å². The third kappa shape index (κ3) is 4.62. The summed E-state index contributed by atoms with van der Waals surface area (Å²) < 4.78 is 11.6. The Hall–Kier alpha value is -1.30. The number of unbranched alkanes of at least 4 members (excludes halogenated alkanes) is 1. The molecular formula is C19H30N2O3. The molecule has 0 radical (unpaired) electrons. The molecule has 5 nitrogen and oxygen atoms in total. The predicted molar refractivity (Wildman–Crippen MR) is 94.7 cm³/mol. The minimum absolute atomic E-state index is 0.305. The minimum atomic E-state index is 0.305. The summed E-state index contributed by atoms with van der Waals surface area (Å²) in [5, 5.41) is 12.9. The van der Waals surface area contributed by atoms with Gasteiger partial charge in [-0.25, -0.2) is 0 Å². The molecule has 1 aromatic rings. The van der Waals surface area contributed by atoms with Crippen molar-refractivity contribution in [3.8, 4) is 11.5 Å². The summed E-state index contributed by atoms with van der Waals surface area (Å²) >= 11 is 0. The Morgan fingerprint density at radius 1 is 1.17 bits per heavy atom. The van der Waals surface area contributed by atoms with Crippen LogP contribution in [0.1, 0.15) is 37.7 Å². The maximum Gasteiger partial charge on any atom is 0.165 e. The van der Waals surface area contributed by atoms with E-state index in [1.165, 1.54) is 18.4 Å². The van der Waals surface area contributed by atoms with Crippen molar-refractivity contribution >= 4 is 0 Å². The molecule has 0 bridgehead atoms. The lowest BCUT2D eigenvalue weighted by molar-refractivity contribution is 0.157. The van der Waals surface area contributed by atoms with E-state index in [2.05, 4.69) is 16.3 Å². The van der Waals surface area contributed by atoms with Crippen LogP contribution < -0.4 is 14.8 Å². The number of likely N-dealkylation sites (tertiary alicyclic amines) is 1. The SMILES string of the molecule is OCC1CCCN1CCCCNCc1cccc2c1OCCCO2. The van der Waals surface area contributed by atoms with E-state index >= 15 is 0 Å². The van der Waals surface area contributed by atoms with Crippen molar-refractivity contribution in [2.75, 3.05) is 39.5 Å². The molecule has 1 aromatic carbocycles. The fraction of sp³-hybridized carbons (Fsp3) is 0.684. The average molecular weight is 334 g/mol. The van der Waals surface area contributed by atoms with Crippen LogP contribution in [0.4, 0.5) is 0 Å². The van der Waals surface area contributed by atoms with E-state index in [4.69, 9.17) is 9.47 Å². The molecule has 1 atom stereocenters. The maximum atomic E-state index is 9.34. The van der Waals surface area contributed by atoms with Crippen LogP contribution in [0, 0.1) is 0 Å². The van der Waals surface area contributed by atoms with Gasteiger partial charge in [0.05, 0.1) is 19.8 Å². The summed E-state index contributed by atoms with van der Waals surface area (Å²) in [7, 11) is 0. The predicted octanol–water partition coefficient (Wildman–Crippen LogP) is 2.17. The van der Waals surface area contributed by atoms with Gasteiger partial charge in [-0.1, -0.05) is 12.1 Å². The lowest BCUT2D eigenvalue weighted by Gasteiger charge is -2.22. The summed E-state index contributed by atoms with van der Waals surface area (Å²) in [4.78, 5) is 2.43. The van der Waals surface area contributed by atoms with Crippen molar-refractivity contribution in [3.63, 3.8) is 0 Å². The van der Waals surface area contributed by atoms with Crippen LogP contribution >= 0.6 is 0 Å². The fourth-order valence-electron chi connectivity index (χ4n) is 3.58. The molecule has 5 heteroatoms. The summed E-state index contributed by atoms with van der Waals surface area (Å²) in [6.07, 6.45) is 5.64. The second-order valence-corrected chi connectivity index (χ2v) is 6.69. The molecule has 1 fully saturated rings. The Morgan fingerprint density at radius 2 is 2.08 bits per heavy atom. The van der Waals surface area contributed by atoms with Crippen LogP contribution in [0.2, 0.25) is 0 Å². The first-order chi connectivity index (χ1) is 11.9. The van der Waals surface area contributed by atoms with Crippen LogP contribution in [0.25, 0.3) is 0 Å². The highest BCUT2D eigenvalue weighted by atomic mass is 16.5. The van der Waals surface area contributed by atoms with Gasteiger partial charge in [-0.05, 0) is 51.4 Å². The third-order valence-electron chi connectivity index (χ3n) is 4.93. The molecule has 1 unspecified atom stereocenters. The molecule has 134 valence electrons.